The standard InChI is InChI=1S/C34H36N4O.C23H29NO.C11H9N3O/c1-5-7-21-38(22-8-6-2)30-18-15-28(16-19-30)14-11-26-9-12-27(13-10-26)17-20-32-31(25-37)33(29(23-35)24-36)39-34(32,3)4;1-3-5-17-24(18-6-4-2)23-15-13-21(14-16-23)8-7-20-9-11-22(19-25)12-10-20;1-7-9(6-14)10(8(4-12)5-13)15-11(7,2)3/h9-20H,5-8,21-22H2,1-4H3;7-16,19H,3-6,17-18H2,1-2H3;1-3H3/b14-11+,20-17+;8-7+;. The molecule has 0 saturated carbocycles. The number of carbonyl (C=O) groups is 1. The summed E-state index contributed by atoms with van der Waals surface area (Å²) in [4.78, 5) is 15.7. The molecule has 2 heterocycles. The van der Waals surface area contributed by atoms with Crippen LogP contribution in [0.5, 0.6) is 0 Å². The van der Waals surface area contributed by atoms with Crippen LogP contribution < -0.4 is 9.80 Å². The van der Waals surface area contributed by atoms with Crippen molar-refractivity contribution in [3.63, 3.8) is 0 Å². The second-order valence-corrected chi connectivity index (χ2v) is 20.1. The number of allylic oxidation sites excluding steroid dienone is 4. The van der Waals surface area contributed by atoms with Crippen molar-refractivity contribution in [2.75, 3.05) is 36.0 Å². The van der Waals surface area contributed by atoms with E-state index in [1.165, 1.54) is 68.3 Å². The van der Waals surface area contributed by atoms with Crippen LogP contribution in [-0.4, -0.2) is 43.7 Å². The summed E-state index contributed by atoms with van der Waals surface area (Å²) in [7, 11) is 0. The van der Waals surface area contributed by atoms with Crippen molar-refractivity contribution in [1.82, 2.24) is 0 Å². The number of anilines is 2. The number of hydrogen-bond donors (Lipinski definition) is 0. The number of unbranched alkanes of at least 4 members (excludes halogenated alkanes) is 4. The largest absolute Gasteiger partial charge is 0.480 e. The van der Waals surface area contributed by atoms with E-state index in [1.54, 1.807) is 32.9 Å². The molecule has 0 atom stereocenters. The Labute approximate surface area is 470 Å². The zero-order valence-corrected chi connectivity index (χ0v) is 47.6. The molecule has 79 heavy (non-hydrogen) atoms. The van der Waals surface area contributed by atoms with Crippen LogP contribution in [0, 0.1) is 68.0 Å². The summed E-state index contributed by atoms with van der Waals surface area (Å²) in [6.07, 6.45) is 22.8. The van der Waals surface area contributed by atoms with E-state index in [2.05, 4.69) is 116 Å². The average Bonchev–Trinajstić information content (AvgIpc) is 3.87. The highest BCUT2D eigenvalue weighted by Crippen LogP contribution is 2.41. The van der Waals surface area contributed by atoms with Gasteiger partial charge in [0.25, 0.3) is 0 Å². The smallest absolute Gasteiger partial charge is 0.172 e. The van der Waals surface area contributed by atoms with Crippen molar-refractivity contribution < 1.29 is 14.3 Å². The van der Waals surface area contributed by atoms with Gasteiger partial charge in [-0.05, 0) is 118 Å². The summed E-state index contributed by atoms with van der Waals surface area (Å²) in [5, 5.41) is 54.5. The van der Waals surface area contributed by atoms with Gasteiger partial charge in [0.15, 0.2) is 22.7 Å². The maximum absolute atomic E-state index is 10.7. The first-order chi connectivity index (χ1) is 38.1. The number of nitrogens with zero attached hydrogens (tertiary/aromatic N) is 8. The molecular formula is C68H74N8O3. The molecule has 0 fully saturated rings. The third-order valence-corrected chi connectivity index (χ3v) is 13.5. The quantitative estimate of drug-likeness (QED) is 0.0439. The van der Waals surface area contributed by atoms with Crippen LogP contribution in [0.25, 0.3) is 30.4 Å². The highest BCUT2D eigenvalue weighted by atomic mass is 16.5. The first-order valence-corrected chi connectivity index (χ1v) is 27.2. The number of benzene rings is 4. The molecule has 0 radical (unpaired) electrons. The van der Waals surface area contributed by atoms with Crippen LogP contribution in [0.2, 0.25) is 0 Å². The normalized spacial score (nSPS) is 13.8. The number of rotatable bonds is 21. The van der Waals surface area contributed by atoms with Crippen molar-refractivity contribution in [2.45, 2.75) is 125 Å². The lowest BCUT2D eigenvalue weighted by Gasteiger charge is -2.24. The minimum absolute atomic E-state index is 0.0512. The van der Waals surface area contributed by atoms with Crippen molar-refractivity contribution in [3.05, 3.63) is 181 Å². The summed E-state index contributed by atoms with van der Waals surface area (Å²) in [6, 6.07) is 44.5. The Balaban J connectivity index is 0.000000286. The Morgan fingerprint density at radius 1 is 0.443 bits per heavy atom. The first-order valence-electron chi connectivity index (χ1n) is 27.2. The number of ether oxygens (including phenoxy) is 2. The second-order valence-electron chi connectivity index (χ2n) is 20.1. The Morgan fingerprint density at radius 3 is 1.04 bits per heavy atom. The molecular weight excluding hydrogens is 977 g/mol. The Morgan fingerprint density at radius 2 is 0.734 bits per heavy atom. The van der Waals surface area contributed by atoms with Gasteiger partial charge in [-0.15, -0.1) is 0 Å². The minimum atomic E-state index is -0.822. The van der Waals surface area contributed by atoms with Crippen LogP contribution >= 0.6 is 0 Å². The van der Waals surface area contributed by atoms with Gasteiger partial charge in [-0.2, -0.15) is 31.6 Å². The number of aldehydes is 1. The van der Waals surface area contributed by atoms with Crippen LogP contribution in [0.15, 0.2) is 148 Å². The van der Waals surface area contributed by atoms with Gasteiger partial charge in [0, 0.05) is 48.7 Å². The fourth-order valence-corrected chi connectivity index (χ4v) is 8.47. The van der Waals surface area contributed by atoms with Gasteiger partial charge in [0.1, 0.15) is 59.5 Å². The molecule has 0 unspecified atom stereocenters. The zero-order valence-electron chi connectivity index (χ0n) is 47.6. The van der Waals surface area contributed by atoms with E-state index in [1.807, 2.05) is 92.7 Å². The SMILES string of the molecule is CC1=C(C#N)C(=C(C#N)C#N)OC1(C)C.CCCCN(CCCC)c1ccc(/C=C/c2ccc(/C=C/C3=C(C#N)C(=C(C#N)C#N)OC3(C)C)cc2)cc1.CCCCN(CCCC)c1ccc(/C=C/c2ccc(C=O)cc2)cc1. The zero-order chi connectivity index (χ0) is 57.8. The summed E-state index contributed by atoms with van der Waals surface area (Å²) in [5.74, 6) is 0.153. The molecule has 4 aromatic rings. The maximum atomic E-state index is 10.7. The van der Waals surface area contributed by atoms with Gasteiger partial charge in [-0.25, -0.2) is 0 Å². The van der Waals surface area contributed by atoms with Gasteiger partial charge in [0.05, 0.1) is 5.57 Å². The average molecular weight is 1050 g/mol. The predicted molar refractivity (Wildman–Crippen MR) is 320 cm³/mol. The highest BCUT2D eigenvalue weighted by Gasteiger charge is 2.39. The van der Waals surface area contributed by atoms with Crippen LogP contribution in [-0.2, 0) is 9.47 Å². The molecule has 11 heteroatoms. The van der Waals surface area contributed by atoms with Gasteiger partial charge < -0.3 is 19.3 Å². The summed E-state index contributed by atoms with van der Waals surface area (Å²) in [5.41, 5.74) is 8.90. The molecule has 4 aromatic carbocycles. The van der Waals surface area contributed by atoms with Crippen molar-refractivity contribution >= 4 is 48.0 Å². The molecule has 0 N–H and O–H groups in total. The van der Waals surface area contributed by atoms with Crippen LogP contribution in [0.3, 0.4) is 0 Å². The summed E-state index contributed by atoms with van der Waals surface area (Å²) in [6.45, 7) is 22.4. The van der Waals surface area contributed by atoms with Gasteiger partial charge in [0.2, 0.25) is 0 Å². The third kappa shape index (κ3) is 18.3. The topological polar surface area (TPSA) is 185 Å². The molecule has 0 spiro atoms. The fraction of sp³-hybridized carbons (Fsp3) is 0.338. The molecule has 404 valence electrons. The molecule has 0 aliphatic carbocycles. The monoisotopic (exact) mass is 1050 g/mol. The lowest BCUT2D eigenvalue weighted by atomic mass is 9.94. The predicted octanol–water partition coefficient (Wildman–Crippen LogP) is 16.2. The minimum Gasteiger partial charge on any atom is -0.480 e. The Bertz CT molecular complexity index is 3130. The number of hydrogen-bond acceptors (Lipinski definition) is 11. The van der Waals surface area contributed by atoms with Gasteiger partial charge >= 0.3 is 0 Å². The summed E-state index contributed by atoms with van der Waals surface area (Å²) >= 11 is 0. The highest BCUT2D eigenvalue weighted by molar-refractivity contribution is 5.77. The molecule has 2 aliphatic rings. The van der Waals surface area contributed by atoms with Crippen molar-refractivity contribution in [3.8, 4) is 36.4 Å². The molecule has 0 bridgehead atoms. The molecule has 11 nitrogen and oxygen atoms in total. The molecule has 2 aliphatic heterocycles. The van der Waals surface area contributed by atoms with Crippen LogP contribution in [0.4, 0.5) is 11.4 Å². The lowest BCUT2D eigenvalue weighted by molar-refractivity contribution is 0.0927. The van der Waals surface area contributed by atoms with Gasteiger partial charge in [-0.1, -0.05) is 163 Å². The van der Waals surface area contributed by atoms with Crippen molar-refractivity contribution in [1.29, 1.82) is 31.6 Å². The number of nitriles is 6. The first kappa shape index (κ1) is 62.4. The molecule has 0 saturated heterocycles. The summed E-state index contributed by atoms with van der Waals surface area (Å²) < 4.78 is 11.3. The van der Waals surface area contributed by atoms with E-state index in [9.17, 15) is 20.6 Å². The van der Waals surface area contributed by atoms with E-state index >= 15 is 0 Å². The van der Waals surface area contributed by atoms with E-state index in [4.69, 9.17) is 25.3 Å². The molecule has 0 amide bonds. The third-order valence-electron chi connectivity index (χ3n) is 13.5. The Kier molecular flexibility index (Phi) is 25.1. The second kappa shape index (κ2) is 31.8. The number of carbonyl (C=O) groups excluding carboxylic acids is 1. The van der Waals surface area contributed by atoms with E-state index in [0.29, 0.717) is 11.1 Å². The van der Waals surface area contributed by atoms with E-state index in [0.717, 1.165) is 60.3 Å². The Hall–Kier alpha value is -9.13. The van der Waals surface area contributed by atoms with E-state index < -0.39 is 11.2 Å². The molecule has 0 aromatic heterocycles. The van der Waals surface area contributed by atoms with Crippen LogP contribution in [0.1, 0.15) is 152 Å². The van der Waals surface area contributed by atoms with Crippen molar-refractivity contribution in [2.24, 2.45) is 0 Å². The van der Waals surface area contributed by atoms with Gasteiger partial charge in [-0.3, -0.25) is 4.79 Å². The lowest BCUT2D eigenvalue weighted by Crippen LogP contribution is -2.25. The fourth-order valence-electron chi connectivity index (χ4n) is 8.47. The maximum Gasteiger partial charge on any atom is 0.172 e. The van der Waals surface area contributed by atoms with E-state index in [-0.39, 0.29) is 33.8 Å². The molecule has 6 rings (SSSR count).